The number of carbonyl (C=O) groups is 1. The number of nitrogens with zero attached hydrogens (tertiary/aromatic N) is 4. The molecular formula is C19H12F3N5O2. The topological polar surface area (TPSA) is 81.4 Å². The number of carbonyl (C=O) groups excluding carboxylic acids is 1. The number of anilines is 1. The van der Waals surface area contributed by atoms with E-state index in [1.165, 1.54) is 47.4 Å². The van der Waals surface area contributed by atoms with Crippen molar-refractivity contribution in [3.63, 3.8) is 0 Å². The zero-order valence-electron chi connectivity index (χ0n) is 14.6. The van der Waals surface area contributed by atoms with Crippen LogP contribution >= 0.6 is 0 Å². The average molecular weight is 399 g/mol. The van der Waals surface area contributed by atoms with Crippen LogP contribution in [-0.4, -0.2) is 31.9 Å². The maximum atomic E-state index is 12.7. The highest BCUT2D eigenvalue weighted by Gasteiger charge is 2.32. The molecule has 0 aliphatic carbocycles. The Bertz CT molecular complexity index is 1180. The second-order valence-electron chi connectivity index (χ2n) is 5.88. The number of halogens is 3. The smallest absolute Gasteiger partial charge is 0.405 e. The van der Waals surface area contributed by atoms with Crippen LogP contribution in [0.15, 0.2) is 67.3 Å². The molecule has 1 amide bonds. The van der Waals surface area contributed by atoms with E-state index in [1.54, 1.807) is 24.4 Å². The van der Waals surface area contributed by atoms with E-state index in [0.29, 0.717) is 11.3 Å². The van der Waals surface area contributed by atoms with E-state index in [2.05, 4.69) is 25.1 Å². The fraction of sp³-hybridized carbons (Fsp3) is 0.0526. The highest BCUT2D eigenvalue weighted by molar-refractivity contribution is 6.05. The van der Waals surface area contributed by atoms with Crippen LogP contribution in [0.2, 0.25) is 0 Å². The number of rotatable bonds is 4. The largest absolute Gasteiger partial charge is 0.573 e. The molecule has 0 spiro atoms. The number of aromatic nitrogens is 4. The summed E-state index contributed by atoms with van der Waals surface area (Å²) in [6.45, 7) is 0. The lowest BCUT2D eigenvalue weighted by Crippen LogP contribution is -2.17. The molecule has 4 aromatic rings. The molecule has 0 saturated carbocycles. The van der Waals surface area contributed by atoms with E-state index in [-0.39, 0.29) is 22.7 Å². The molecule has 1 N–H and O–H groups in total. The normalized spacial score (nSPS) is 11.4. The van der Waals surface area contributed by atoms with Crippen molar-refractivity contribution in [2.45, 2.75) is 6.36 Å². The number of pyridine rings is 1. The van der Waals surface area contributed by atoms with Crippen LogP contribution in [0.1, 0.15) is 10.4 Å². The van der Waals surface area contributed by atoms with Crippen LogP contribution in [0.4, 0.5) is 18.9 Å². The van der Waals surface area contributed by atoms with E-state index < -0.39 is 12.3 Å². The molecule has 0 atom stereocenters. The summed E-state index contributed by atoms with van der Waals surface area (Å²) < 4.78 is 43.6. The third-order valence-corrected chi connectivity index (χ3v) is 3.93. The average Bonchev–Trinajstić information content (AvgIpc) is 3.10. The van der Waals surface area contributed by atoms with Crippen LogP contribution in [0.25, 0.3) is 16.9 Å². The van der Waals surface area contributed by atoms with Gasteiger partial charge >= 0.3 is 6.36 Å². The number of alkyl halides is 3. The molecule has 1 aromatic carbocycles. The van der Waals surface area contributed by atoms with E-state index >= 15 is 0 Å². The predicted molar refractivity (Wildman–Crippen MR) is 97.3 cm³/mol. The molecule has 0 unspecified atom stereocenters. The predicted octanol–water partition coefficient (Wildman–Crippen LogP) is 3.94. The maximum absolute atomic E-state index is 12.7. The van der Waals surface area contributed by atoms with Crippen LogP contribution in [-0.2, 0) is 0 Å². The number of benzene rings is 1. The quantitative estimate of drug-likeness (QED) is 0.562. The molecule has 3 aromatic heterocycles. The molecule has 0 radical (unpaired) electrons. The lowest BCUT2D eigenvalue weighted by Gasteiger charge is -2.13. The van der Waals surface area contributed by atoms with Gasteiger partial charge in [-0.1, -0.05) is 12.1 Å². The van der Waals surface area contributed by atoms with Crippen LogP contribution in [0.5, 0.6) is 5.75 Å². The summed E-state index contributed by atoms with van der Waals surface area (Å²) in [5.74, 6) is -0.793. The Morgan fingerprint density at radius 2 is 1.90 bits per heavy atom. The zero-order valence-corrected chi connectivity index (χ0v) is 14.6. The van der Waals surface area contributed by atoms with Crippen molar-refractivity contribution in [2.75, 3.05) is 5.32 Å². The summed E-state index contributed by atoms with van der Waals surface area (Å²) in [5.41, 5.74) is 1.29. The number of nitrogens with one attached hydrogen (secondary N) is 1. The summed E-state index contributed by atoms with van der Waals surface area (Å²) in [4.78, 5) is 20.6. The molecule has 29 heavy (non-hydrogen) atoms. The number of ether oxygens (including phenoxy) is 1. The highest BCUT2D eigenvalue weighted by Crippen LogP contribution is 2.33. The number of fused-ring (bicyclic) bond motifs is 1. The molecule has 0 aliphatic heterocycles. The van der Waals surface area contributed by atoms with Gasteiger partial charge in [0.1, 0.15) is 11.4 Å². The Morgan fingerprint density at radius 1 is 1.07 bits per heavy atom. The standard InChI is InChI=1S/C19H12F3N5O2/c20-19(21,22)29-16-6-2-1-5-13(16)14-7-9-27-17(25-14)15(11-24-27)26-18(28)12-4-3-8-23-10-12/h1-11H,(H,26,28). The van der Waals surface area contributed by atoms with Gasteiger partial charge in [-0.2, -0.15) is 5.10 Å². The maximum Gasteiger partial charge on any atom is 0.573 e. The first-order valence-corrected chi connectivity index (χ1v) is 8.31. The van der Waals surface area contributed by atoms with Gasteiger partial charge in [-0.15, -0.1) is 13.2 Å². The van der Waals surface area contributed by atoms with Crippen molar-refractivity contribution < 1.29 is 22.7 Å². The third kappa shape index (κ3) is 4.00. The van der Waals surface area contributed by atoms with E-state index in [1.807, 2.05) is 0 Å². The van der Waals surface area contributed by atoms with Crippen molar-refractivity contribution >= 4 is 17.2 Å². The molecule has 10 heteroatoms. The van der Waals surface area contributed by atoms with Crippen molar-refractivity contribution in [1.82, 2.24) is 19.6 Å². The van der Waals surface area contributed by atoms with Gasteiger partial charge in [0.25, 0.3) is 5.91 Å². The summed E-state index contributed by atoms with van der Waals surface area (Å²) in [5, 5.41) is 6.77. The van der Waals surface area contributed by atoms with Crippen LogP contribution in [0.3, 0.4) is 0 Å². The Balaban J connectivity index is 1.71. The zero-order chi connectivity index (χ0) is 20.4. The van der Waals surface area contributed by atoms with Gasteiger partial charge in [-0.05, 0) is 30.3 Å². The second kappa shape index (κ2) is 7.23. The summed E-state index contributed by atoms with van der Waals surface area (Å²) >= 11 is 0. The number of amides is 1. The molecule has 4 rings (SSSR count). The molecular weight excluding hydrogens is 387 g/mol. The van der Waals surface area contributed by atoms with Crippen molar-refractivity contribution in [3.05, 3.63) is 72.8 Å². The minimum absolute atomic E-state index is 0.151. The summed E-state index contributed by atoms with van der Waals surface area (Å²) in [7, 11) is 0. The van der Waals surface area contributed by atoms with E-state index in [4.69, 9.17) is 0 Å². The monoisotopic (exact) mass is 399 g/mol. The van der Waals surface area contributed by atoms with Gasteiger partial charge in [0, 0.05) is 24.2 Å². The Kier molecular flexibility index (Phi) is 4.59. The van der Waals surface area contributed by atoms with Crippen LogP contribution < -0.4 is 10.1 Å². The lowest BCUT2D eigenvalue weighted by atomic mass is 10.1. The first-order chi connectivity index (χ1) is 13.9. The molecule has 146 valence electrons. The van der Waals surface area contributed by atoms with Gasteiger partial charge in [0.15, 0.2) is 5.65 Å². The molecule has 3 heterocycles. The van der Waals surface area contributed by atoms with Crippen LogP contribution in [0, 0.1) is 0 Å². The molecule has 0 bridgehead atoms. The van der Waals surface area contributed by atoms with Gasteiger partial charge in [-0.3, -0.25) is 9.78 Å². The Morgan fingerprint density at radius 3 is 2.66 bits per heavy atom. The van der Waals surface area contributed by atoms with Gasteiger partial charge in [-0.25, -0.2) is 9.50 Å². The number of para-hydroxylation sites is 1. The van der Waals surface area contributed by atoms with Crippen molar-refractivity contribution in [2.24, 2.45) is 0 Å². The molecule has 7 nitrogen and oxygen atoms in total. The summed E-state index contributed by atoms with van der Waals surface area (Å²) in [6.07, 6.45) is 1.05. The van der Waals surface area contributed by atoms with Gasteiger partial charge in [0.2, 0.25) is 0 Å². The minimum Gasteiger partial charge on any atom is -0.405 e. The van der Waals surface area contributed by atoms with Gasteiger partial charge < -0.3 is 10.1 Å². The molecule has 0 fully saturated rings. The third-order valence-electron chi connectivity index (χ3n) is 3.93. The first-order valence-electron chi connectivity index (χ1n) is 8.31. The molecule has 0 saturated heterocycles. The molecule has 0 aliphatic rings. The highest BCUT2D eigenvalue weighted by atomic mass is 19.4. The summed E-state index contributed by atoms with van der Waals surface area (Å²) in [6, 6.07) is 10.4. The Labute approximate surface area is 161 Å². The van der Waals surface area contributed by atoms with Crippen molar-refractivity contribution in [3.8, 4) is 17.0 Å². The number of hydrogen-bond acceptors (Lipinski definition) is 5. The SMILES string of the molecule is O=C(Nc1cnn2ccc(-c3ccccc3OC(F)(F)F)nc12)c1cccnc1. The fourth-order valence-corrected chi connectivity index (χ4v) is 2.69. The fourth-order valence-electron chi connectivity index (χ4n) is 2.69. The number of hydrogen-bond donors (Lipinski definition) is 1. The minimum atomic E-state index is -4.83. The second-order valence-corrected chi connectivity index (χ2v) is 5.88. The van der Waals surface area contributed by atoms with E-state index in [9.17, 15) is 18.0 Å². The Hall–Kier alpha value is -3.95. The first kappa shape index (κ1) is 18.4. The van der Waals surface area contributed by atoms with Crippen molar-refractivity contribution in [1.29, 1.82) is 0 Å². The van der Waals surface area contributed by atoms with Gasteiger partial charge in [0.05, 0.1) is 17.5 Å². The van der Waals surface area contributed by atoms with E-state index in [0.717, 1.165) is 0 Å². The lowest BCUT2D eigenvalue weighted by molar-refractivity contribution is -0.274.